The number of nitrogens with one attached hydrogen (secondary N) is 1. The van der Waals surface area contributed by atoms with Gasteiger partial charge in [-0.05, 0) is 45.5 Å². The van der Waals surface area contributed by atoms with E-state index in [-0.39, 0.29) is 0 Å². The Hall–Kier alpha value is -1.13. The molecule has 1 aliphatic carbocycles. The zero-order chi connectivity index (χ0) is 14.9. The summed E-state index contributed by atoms with van der Waals surface area (Å²) in [5.41, 5.74) is 1.13. The van der Waals surface area contributed by atoms with Crippen LogP contribution < -0.4 is 10.1 Å². The zero-order valence-electron chi connectivity index (χ0n) is 13.5. The van der Waals surface area contributed by atoms with Gasteiger partial charge in [-0.1, -0.05) is 25.3 Å². The van der Waals surface area contributed by atoms with Crippen molar-refractivity contribution in [1.82, 2.24) is 15.2 Å². The van der Waals surface area contributed by atoms with Crippen LogP contribution >= 0.6 is 0 Å². The van der Waals surface area contributed by atoms with E-state index in [9.17, 15) is 0 Å². The summed E-state index contributed by atoms with van der Waals surface area (Å²) < 4.78 is 5.26. The van der Waals surface area contributed by atoms with Gasteiger partial charge < -0.3 is 15.0 Å². The first-order valence-corrected chi connectivity index (χ1v) is 8.20. The molecule has 0 radical (unpaired) electrons. The lowest BCUT2D eigenvalue weighted by atomic mass is 9.94. The molecule has 4 nitrogen and oxygen atoms in total. The fraction of sp³-hybridized carbons (Fsp3) is 0.706. The second-order valence-electron chi connectivity index (χ2n) is 5.97. The van der Waals surface area contributed by atoms with Gasteiger partial charge in [-0.15, -0.1) is 0 Å². The van der Waals surface area contributed by atoms with Crippen LogP contribution in [0.3, 0.4) is 0 Å². The minimum absolute atomic E-state index is 0.726. The fourth-order valence-corrected chi connectivity index (χ4v) is 3.12. The second-order valence-corrected chi connectivity index (χ2v) is 5.97. The van der Waals surface area contributed by atoms with E-state index < -0.39 is 0 Å². The Morgan fingerprint density at radius 3 is 2.90 bits per heavy atom. The summed E-state index contributed by atoms with van der Waals surface area (Å²) in [6.07, 6.45) is 9.98. The highest BCUT2D eigenvalue weighted by atomic mass is 16.5. The molecule has 0 amide bonds. The first kappa shape index (κ1) is 16.2. The third-order valence-electron chi connectivity index (χ3n) is 4.42. The summed E-state index contributed by atoms with van der Waals surface area (Å²) in [5.74, 6) is 0.726. The van der Waals surface area contributed by atoms with Crippen LogP contribution in [0.5, 0.6) is 5.88 Å². The van der Waals surface area contributed by atoms with Gasteiger partial charge in [0.2, 0.25) is 5.88 Å². The molecule has 1 saturated carbocycles. The predicted molar refractivity (Wildman–Crippen MR) is 86.6 cm³/mol. The molecule has 0 atom stereocenters. The average molecular weight is 291 g/mol. The molecular formula is C17H29N3O. The quantitative estimate of drug-likeness (QED) is 0.747. The van der Waals surface area contributed by atoms with Crippen molar-refractivity contribution in [2.75, 3.05) is 27.2 Å². The van der Waals surface area contributed by atoms with E-state index in [1.165, 1.54) is 45.1 Å². The maximum Gasteiger partial charge on any atom is 0.217 e. The number of ether oxygens (including phenoxy) is 1. The Morgan fingerprint density at radius 2 is 2.14 bits per heavy atom. The van der Waals surface area contributed by atoms with Gasteiger partial charge in [0.15, 0.2) is 0 Å². The summed E-state index contributed by atoms with van der Waals surface area (Å²) in [4.78, 5) is 6.76. The summed E-state index contributed by atoms with van der Waals surface area (Å²) in [6, 6.07) is 4.83. The molecule has 0 bridgehead atoms. The third kappa shape index (κ3) is 5.29. The highest BCUT2D eigenvalue weighted by Crippen LogP contribution is 2.21. The van der Waals surface area contributed by atoms with Crippen LogP contribution in [0.2, 0.25) is 0 Å². The number of aromatic nitrogens is 1. The largest absolute Gasteiger partial charge is 0.481 e. The molecule has 118 valence electrons. The van der Waals surface area contributed by atoms with Crippen LogP contribution in [0.4, 0.5) is 0 Å². The molecule has 1 heterocycles. The molecule has 0 saturated heterocycles. The molecule has 21 heavy (non-hydrogen) atoms. The summed E-state index contributed by atoms with van der Waals surface area (Å²) in [7, 11) is 3.95. The van der Waals surface area contributed by atoms with Crippen molar-refractivity contribution < 1.29 is 4.74 Å². The fourth-order valence-electron chi connectivity index (χ4n) is 3.12. The Morgan fingerprint density at radius 1 is 1.33 bits per heavy atom. The Labute approximate surface area is 128 Å². The lowest BCUT2D eigenvalue weighted by molar-refractivity contribution is 0.189. The Balaban J connectivity index is 1.61. The Kier molecular flexibility index (Phi) is 6.96. The van der Waals surface area contributed by atoms with E-state index in [2.05, 4.69) is 28.3 Å². The standard InChI is InChI=1S/C17H29N3O/c1-20(16-9-4-3-5-10-16)13-7-11-18-14-15-8-6-12-19-17(15)21-2/h6,8,12,16,18H,3-5,7,9-11,13-14H2,1-2H3. The molecule has 4 heteroatoms. The normalized spacial score (nSPS) is 16.3. The van der Waals surface area contributed by atoms with Gasteiger partial charge >= 0.3 is 0 Å². The van der Waals surface area contributed by atoms with Crippen LogP contribution in [0, 0.1) is 0 Å². The first-order valence-electron chi connectivity index (χ1n) is 8.20. The second kappa shape index (κ2) is 9.00. The van der Waals surface area contributed by atoms with E-state index in [1.807, 2.05) is 6.07 Å². The molecule has 1 aromatic rings. The maximum absolute atomic E-state index is 5.26. The zero-order valence-corrected chi connectivity index (χ0v) is 13.5. The van der Waals surface area contributed by atoms with E-state index >= 15 is 0 Å². The molecule has 1 fully saturated rings. The smallest absolute Gasteiger partial charge is 0.217 e. The topological polar surface area (TPSA) is 37.4 Å². The van der Waals surface area contributed by atoms with Crippen molar-refractivity contribution >= 4 is 0 Å². The third-order valence-corrected chi connectivity index (χ3v) is 4.42. The van der Waals surface area contributed by atoms with Crippen molar-refractivity contribution in [1.29, 1.82) is 0 Å². The molecule has 2 rings (SSSR count). The van der Waals surface area contributed by atoms with Gasteiger partial charge in [-0.3, -0.25) is 0 Å². The van der Waals surface area contributed by atoms with Gasteiger partial charge in [0.25, 0.3) is 0 Å². The van der Waals surface area contributed by atoms with Crippen molar-refractivity contribution in [2.24, 2.45) is 0 Å². The summed E-state index contributed by atoms with van der Waals surface area (Å²) >= 11 is 0. The number of hydrogen-bond donors (Lipinski definition) is 1. The van der Waals surface area contributed by atoms with Gasteiger partial charge in [0.1, 0.15) is 0 Å². The SMILES string of the molecule is COc1ncccc1CNCCCN(C)C1CCCCC1. The van der Waals surface area contributed by atoms with Gasteiger partial charge in [-0.25, -0.2) is 4.98 Å². The number of methoxy groups -OCH3 is 1. The van der Waals surface area contributed by atoms with Crippen molar-refractivity contribution in [3.63, 3.8) is 0 Å². The van der Waals surface area contributed by atoms with Crippen LogP contribution in [-0.2, 0) is 6.54 Å². The van der Waals surface area contributed by atoms with Crippen LogP contribution in [0.25, 0.3) is 0 Å². The molecule has 1 N–H and O–H groups in total. The monoisotopic (exact) mass is 291 g/mol. The van der Waals surface area contributed by atoms with Crippen LogP contribution in [-0.4, -0.2) is 43.2 Å². The van der Waals surface area contributed by atoms with Gasteiger partial charge in [0, 0.05) is 24.3 Å². The average Bonchev–Trinajstić information content (AvgIpc) is 2.55. The lowest BCUT2D eigenvalue weighted by Gasteiger charge is -2.31. The van der Waals surface area contributed by atoms with Crippen LogP contribution in [0.15, 0.2) is 18.3 Å². The van der Waals surface area contributed by atoms with E-state index in [0.29, 0.717) is 0 Å². The van der Waals surface area contributed by atoms with E-state index in [1.54, 1.807) is 13.3 Å². The van der Waals surface area contributed by atoms with Crippen molar-refractivity contribution in [2.45, 2.75) is 51.1 Å². The lowest BCUT2D eigenvalue weighted by Crippen LogP contribution is -2.35. The molecule has 0 aliphatic heterocycles. The van der Waals surface area contributed by atoms with E-state index in [4.69, 9.17) is 4.74 Å². The highest BCUT2D eigenvalue weighted by Gasteiger charge is 2.17. The molecule has 1 aromatic heterocycles. The minimum Gasteiger partial charge on any atom is -0.481 e. The highest BCUT2D eigenvalue weighted by molar-refractivity contribution is 5.24. The summed E-state index contributed by atoms with van der Waals surface area (Å²) in [5, 5.41) is 3.49. The van der Waals surface area contributed by atoms with Gasteiger partial charge in [-0.2, -0.15) is 0 Å². The van der Waals surface area contributed by atoms with Crippen molar-refractivity contribution in [3.8, 4) is 5.88 Å². The number of rotatable bonds is 8. The molecule has 1 aliphatic rings. The molecular weight excluding hydrogens is 262 g/mol. The summed E-state index contributed by atoms with van der Waals surface area (Å²) in [6.45, 7) is 3.04. The number of pyridine rings is 1. The van der Waals surface area contributed by atoms with Gasteiger partial charge in [0.05, 0.1) is 7.11 Å². The van der Waals surface area contributed by atoms with Crippen LogP contribution in [0.1, 0.15) is 44.1 Å². The van der Waals surface area contributed by atoms with E-state index in [0.717, 1.165) is 30.6 Å². The first-order chi connectivity index (χ1) is 10.3. The Bertz CT molecular complexity index is 405. The maximum atomic E-state index is 5.26. The number of nitrogens with zero attached hydrogens (tertiary/aromatic N) is 2. The van der Waals surface area contributed by atoms with Crippen molar-refractivity contribution in [3.05, 3.63) is 23.9 Å². The predicted octanol–water partition coefficient (Wildman–Crippen LogP) is 2.83. The minimum atomic E-state index is 0.726. The molecule has 0 aromatic carbocycles. The molecule has 0 spiro atoms. The number of hydrogen-bond acceptors (Lipinski definition) is 4. The molecule has 0 unspecified atom stereocenters.